The molecule has 0 radical (unpaired) electrons. The zero-order chi connectivity index (χ0) is 11.5. The van der Waals surface area contributed by atoms with Crippen LogP contribution in [0.2, 0.25) is 0 Å². The molecule has 2 aromatic rings. The fourth-order valence-electron chi connectivity index (χ4n) is 1.70. The lowest BCUT2D eigenvalue weighted by molar-refractivity contribution is 0.0697. The monoisotopic (exact) mass is 213 g/mol. The van der Waals surface area contributed by atoms with Crippen molar-refractivity contribution in [3.05, 3.63) is 36.0 Å². The average molecular weight is 213 g/mol. The van der Waals surface area contributed by atoms with Gasteiger partial charge in [-0.25, -0.2) is 4.79 Å². The molecule has 3 heteroatoms. The Morgan fingerprint density at radius 2 is 2.25 bits per heavy atom. The van der Waals surface area contributed by atoms with E-state index in [0.29, 0.717) is 18.5 Å². The Morgan fingerprint density at radius 3 is 2.94 bits per heavy atom. The molecule has 0 unspecified atom stereocenters. The number of fused-ring (bicyclic) bond motifs is 1. The molecule has 0 aliphatic heterocycles. The minimum absolute atomic E-state index is 0.299. The molecular formula is C13H11NO2. The number of benzene rings is 1. The zero-order valence-electron chi connectivity index (χ0n) is 8.68. The number of nitrogens with zero attached hydrogens (tertiary/aromatic N) is 1. The maximum absolute atomic E-state index is 10.9. The van der Waals surface area contributed by atoms with Crippen molar-refractivity contribution in [1.29, 1.82) is 0 Å². The van der Waals surface area contributed by atoms with Crippen LogP contribution < -0.4 is 0 Å². The highest BCUT2D eigenvalue weighted by Gasteiger charge is 2.06. The zero-order valence-corrected chi connectivity index (χ0v) is 8.68. The van der Waals surface area contributed by atoms with E-state index in [2.05, 4.69) is 5.92 Å². The predicted molar refractivity (Wildman–Crippen MR) is 62.3 cm³/mol. The van der Waals surface area contributed by atoms with Crippen LogP contribution in [0.25, 0.3) is 10.9 Å². The quantitative estimate of drug-likeness (QED) is 0.795. The highest BCUT2D eigenvalue weighted by atomic mass is 16.4. The molecule has 1 aromatic carbocycles. The van der Waals surface area contributed by atoms with E-state index in [4.69, 9.17) is 11.5 Å². The molecule has 0 aliphatic carbocycles. The van der Waals surface area contributed by atoms with E-state index in [1.54, 1.807) is 12.1 Å². The molecule has 1 heterocycles. The van der Waals surface area contributed by atoms with Crippen LogP contribution in [0, 0.1) is 12.3 Å². The lowest BCUT2D eigenvalue weighted by atomic mass is 10.1. The summed E-state index contributed by atoms with van der Waals surface area (Å²) >= 11 is 0. The van der Waals surface area contributed by atoms with E-state index in [0.717, 1.165) is 10.9 Å². The molecule has 80 valence electrons. The Morgan fingerprint density at radius 1 is 1.44 bits per heavy atom. The van der Waals surface area contributed by atoms with Gasteiger partial charge in [-0.2, -0.15) is 0 Å². The average Bonchev–Trinajstić information content (AvgIpc) is 2.68. The first kappa shape index (κ1) is 10.3. The van der Waals surface area contributed by atoms with Gasteiger partial charge in [-0.05, 0) is 23.6 Å². The normalized spacial score (nSPS) is 10.2. The fourth-order valence-corrected chi connectivity index (χ4v) is 1.70. The minimum Gasteiger partial charge on any atom is -0.478 e. The number of carboxylic acids is 1. The first-order valence-electron chi connectivity index (χ1n) is 4.98. The molecule has 0 aliphatic rings. The lowest BCUT2D eigenvalue weighted by Crippen LogP contribution is -1.98. The molecule has 2 rings (SSSR count). The second kappa shape index (κ2) is 4.11. The molecule has 1 aromatic heterocycles. The van der Waals surface area contributed by atoms with E-state index in [-0.39, 0.29) is 0 Å². The van der Waals surface area contributed by atoms with Gasteiger partial charge in [0.05, 0.1) is 5.56 Å². The molecule has 0 amide bonds. The largest absolute Gasteiger partial charge is 0.478 e. The summed E-state index contributed by atoms with van der Waals surface area (Å²) in [6.07, 6.45) is 7.77. The van der Waals surface area contributed by atoms with Crippen LogP contribution in [0.5, 0.6) is 0 Å². The second-order valence-electron chi connectivity index (χ2n) is 3.54. The van der Waals surface area contributed by atoms with Gasteiger partial charge in [0.2, 0.25) is 0 Å². The Labute approximate surface area is 93.3 Å². The van der Waals surface area contributed by atoms with Crippen molar-refractivity contribution in [2.45, 2.75) is 13.0 Å². The third-order valence-corrected chi connectivity index (χ3v) is 2.52. The third kappa shape index (κ3) is 1.78. The SMILES string of the molecule is C#CCCn1ccc2ccc(C(=O)O)cc21. The van der Waals surface area contributed by atoms with Gasteiger partial charge in [0, 0.05) is 24.7 Å². The molecule has 0 bridgehead atoms. The van der Waals surface area contributed by atoms with Gasteiger partial charge in [0.1, 0.15) is 0 Å². The van der Waals surface area contributed by atoms with Crippen LogP contribution in [0.3, 0.4) is 0 Å². The second-order valence-corrected chi connectivity index (χ2v) is 3.54. The number of terminal acetylenes is 1. The fraction of sp³-hybridized carbons (Fsp3) is 0.154. The van der Waals surface area contributed by atoms with Crippen LogP contribution in [0.15, 0.2) is 30.5 Å². The van der Waals surface area contributed by atoms with Gasteiger partial charge in [-0.3, -0.25) is 0 Å². The van der Waals surface area contributed by atoms with Gasteiger partial charge in [-0.1, -0.05) is 6.07 Å². The molecule has 0 saturated heterocycles. The van der Waals surface area contributed by atoms with E-state index in [1.807, 2.05) is 22.9 Å². The summed E-state index contributed by atoms with van der Waals surface area (Å²) < 4.78 is 1.97. The first-order chi connectivity index (χ1) is 7.72. The molecule has 16 heavy (non-hydrogen) atoms. The highest BCUT2D eigenvalue weighted by molar-refractivity contribution is 5.93. The van der Waals surface area contributed by atoms with Gasteiger partial charge in [0.15, 0.2) is 0 Å². The number of hydrogen-bond acceptors (Lipinski definition) is 1. The van der Waals surface area contributed by atoms with Crippen molar-refractivity contribution in [2.24, 2.45) is 0 Å². The Hall–Kier alpha value is -2.21. The molecule has 0 atom stereocenters. The summed E-state index contributed by atoms with van der Waals surface area (Å²) in [6, 6.07) is 7.05. The molecule has 0 spiro atoms. The van der Waals surface area contributed by atoms with Crippen molar-refractivity contribution in [3.63, 3.8) is 0 Å². The maximum Gasteiger partial charge on any atom is 0.335 e. The standard InChI is InChI=1S/C13H11NO2/c1-2-3-7-14-8-6-10-4-5-11(13(15)16)9-12(10)14/h1,4-6,8-9H,3,7H2,(H,15,16). The lowest BCUT2D eigenvalue weighted by Gasteiger charge is -2.03. The number of hydrogen-bond donors (Lipinski definition) is 1. The van der Waals surface area contributed by atoms with Crippen LogP contribution in [-0.2, 0) is 6.54 Å². The molecule has 1 N–H and O–H groups in total. The van der Waals surface area contributed by atoms with Gasteiger partial charge < -0.3 is 9.67 Å². The van der Waals surface area contributed by atoms with Crippen molar-refractivity contribution >= 4 is 16.9 Å². The van der Waals surface area contributed by atoms with Gasteiger partial charge in [-0.15, -0.1) is 12.3 Å². The van der Waals surface area contributed by atoms with Crippen LogP contribution in [-0.4, -0.2) is 15.6 Å². The van der Waals surface area contributed by atoms with E-state index >= 15 is 0 Å². The molecule has 0 fully saturated rings. The van der Waals surface area contributed by atoms with E-state index in [1.165, 1.54) is 0 Å². The summed E-state index contributed by atoms with van der Waals surface area (Å²) in [5.74, 6) is 1.66. The van der Waals surface area contributed by atoms with Crippen LogP contribution in [0.1, 0.15) is 16.8 Å². The first-order valence-corrected chi connectivity index (χ1v) is 4.98. The van der Waals surface area contributed by atoms with E-state index in [9.17, 15) is 4.79 Å². The number of carbonyl (C=O) groups is 1. The third-order valence-electron chi connectivity index (χ3n) is 2.52. The summed E-state index contributed by atoms with van der Waals surface area (Å²) in [5, 5.41) is 9.94. The van der Waals surface area contributed by atoms with Crippen molar-refractivity contribution < 1.29 is 9.90 Å². The number of rotatable bonds is 3. The smallest absolute Gasteiger partial charge is 0.335 e. The van der Waals surface area contributed by atoms with Crippen LogP contribution in [0.4, 0.5) is 0 Å². The Kier molecular flexibility index (Phi) is 2.65. The van der Waals surface area contributed by atoms with Gasteiger partial charge >= 0.3 is 5.97 Å². The summed E-state index contributed by atoms with van der Waals surface area (Å²) in [7, 11) is 0. The number of aryl methyl sites for hydroxylation is 1. The highest BCUT2D eigenvalue weighted by Crippen LogP contribution is 2.18. The van der Waals surface area contributed by atoms with Crippen molar-refractivity contribution in [3.8, 4) is 12.3 Å². The maximum atomic E-state index is 10.9. The minimum atomic E-state index is -0.911. The summed E-state index contributed by atoms with van der Waals surface area (Å²) in [4.78, 5) is 10.9. The Bertz CT molecular complexity index is 575. The van der Waals surface area contributed by atoms with Gasteiger partial charge in [0.25, 0.3) is 0 Å². The van der Waals surface area contributed by atoms with E-state index < -0.39 is 5.97 Å². The number of carboxylic acid groups (broad SMARTS) is 1. The predicted octanol–water partition coefficient (Wildman–Crippen LogP) is 2.36. The van der Waals surface area contributed by atoms with Crippen molar-refractivity contribution in [2.75, 3.05) is 0 Å². The summed E-state index contributed by atoms with van der Waals surface area (Å²) in [6.45, 7) is 0.711. The van der Waals surface area contributed by atoms with Crippen LogP contribution >= 0.6 is 0 Å². The summed E-state index contributed by atoms with van der Waals surface area (Å²) in [5.41, 5.74) is 1.21. The number of aromatic nitrogens is 1. The number of aromatic carboxylic acids is 1. The molecule has 3 nitrogen and oxygen atoms in total. The molecular weight excluding hydrogens is 202 g/mol. The topological polar surface area (TPSA) is 42.2 Å². The molecule has 0 saturated carbocycles. The van der Waals surface area contributed by atoms with Crippen molar-refractivity contribution in [1.82, 2.24) is 4.57 Å². The Balaban J connectivity index is 2.48.